The van der Waals surface area contributed by atoms with Crippen molar-refractivity contribution >= 4 is 24.8 Å². The van der Waals surface area contributed by atoms with Crippen molar-refractivity contribution in [1.82, 2.24) is 10.3 Å². The van der Waals surface area contributed by atoms with Gasteiger partial charge in [0.2, 0.25) is 0 Å². The number of pyridine rings is 1. The van der Waals surface area contributed by atoms with Crippen LogP contribution in [0.3, 0.4) is 0 Å². The van der Waals surface area contributed by atoms with Crippen LogP contribution in [0.4, 0.5) is 0 Å². The lowest BCUT2D eigenvalue weighted by Crippen LogP contribution is -2.31. The lowest BCUT2D eigenvalue weighted by atomic mass is 10.2. The van der Waals surface area contributed by atoms with Gasteiger partial charge in [-0.15, -0.1) is 24.8 Å². The number of rotatable bonds is 3. The summed E-state index contributed by atoms with van der Waals surface area (Å²) in [6.45, 7) is 2.76. The molecule has 3 atom stereocenters. The van der Waals surface area contributed by atoms with Crippen LogP contribution in [0.2, 0.25) is 0 Å². The van der Waals surface area contributed by atoms with Crippen LogP contribution < -0.4 is 10.1 Å². The van der Waals surface area contributed by atoms with E-state index < -0.39 is 0 Å². The zero-order chi connectivity index (χ0) is 10.3. The van der Waals surface area contributed by atoms with Gasteiger partial charge in [0.1, 0.15) is 12.4 Å². The molecule has 1 aromatic heterocycles. The van der Waals surface area contributed by atoms with E-state index in [2.05, 4.69) is 10.3 Å². The zero-order valence-corrected chi connectivity index (χ0v) is 11.4. The molecule has 96 valence electrons. The monoisotopic (exact) mass is 276 g/mol. The van der Waals surface area contributed by atoms with Gasteiger partial charge in [0.15, 0.2) is 0 Å². The average Bonchev–Trinajstić information content (AvgIpc) is 2.85. The van der Waals surface area contributed by atoms with Gasteiger partial charge in [0.25, 0.3) is 0 Å². The summed E-state index contributed by atoms with van der Waals surface area (Å²) >= 11 is 0. The Morgan fingerprint density at radius 1 is 1.41 bits per heavy atom. The molecule has 5 heteroatoms. The van der Waals surface area contributed by atoms with Crippen molar-refractivity contribution in [3.63, 3.8) is 0 Å². The largest absolute Gasteiger partial charge is 0.490 e. The molecule has 1 N–H and O–H groups in total. The Kier molecular flexibility index (Phi) is 5.04. The molecule has 3 unspecified atom stereocenters. The van der Waals surface area contributed by atoms with Gasteiger partial charge < -0.3 is 10.1 Å². The Morgan fingerprint density at radius 3 is 2.88 bits per heavy atom. The molecule has 2 heterocycles. The highest BCUT2D eigenvalue weighted by Gasteiger charge is 2.45. The van der Waals surface area contributed by atoms with Crippen molar-refractivity contribution in [2.24, 2.45) is 5.92 Å². The third-order valence-electron chi connectivity index (χ3n) is 3.36. The smallest absolute Gasteiger partial charge is 0.140 e. The number of ether oxygens (including phenoxy) is 1. The first kappa shape index (κ1) is 14.6. The van der Waals surface area contributed by atoms with Crippen LogP contribution in [0.1, 0.15) is 18.5 Å². The van der Waals surface area contributed by atoms with Crippen LogP contribution in [-0.2, 0) is 0 Å². The van der Waals surface area contributed by atoms with Gasteiger partial charge in [0.05, 0.1) is 5.69 Å². The Morgan fingerprint density at radius 2 is 2.24 bits per heavy atom. The highest BCUT2D eigenvalue weighted by molar-refractivity contribution is 5.85. The van der Waals surface area contributed by atoms with Gasteiger partial charge in [-0.1, -0.05) is 0 Å². The van der Waals surface area contributed by atoms with Gasteiger partial charge in [-0.2, -0.15) is 0 Å². The first-order chi connectivity index (χ1) is 7.33. The minimum Gasteiger partial charge on any atom is -0.490 e. The standard InChI is InChI=1S/C12H16N2O.2ClH/c1-8-12(3-2-4-13-8)15-7-10-5-9-6-11(9)14-10;;/h2-4,9-11,14H,5-7H2,1H3;2*1H. The van der Waals surface area contributed by atoms with Crippen molar-refractivity contribution in [1.29, 1.82) is 0 Å². The summed E-state index contributed by atoms with van der Waals surface area (Å²) in [5.74, 6) is 1.86. The second kappa shape index (κ2) is 5.89. The molecule has 3 nitrogen and oxygen atoms in total. The van der Waals surface area contributed by atoms with E-state index in [0.717, 1.165) is 30.0 Å². The molecule has 17 heavy (non-hydrogen) atoms. The number of fused-ring (bicyclic) bond motifs is 1. The number of aromatic nitrogens is 1. The summed E-state index contributed by atoms with van der Waals surface area (Å²) in [5, 5.41) is 3.57. The van der Waals surface area contributed by atoms with Crippen molar-refractivity contribution in [3.8, 4) is 5.75 Å². The highest BCUT2D eigenvalue weighted by Crippen LogP contribution is 2.40. The number of aryl methyl sites for hydroxylation is 1. The minimum absolute atomic E-state index is 0. The first-order valence-corrected chi connectivity index (χ1v) is 5.63. The van der Waals surface area contributed by atoms with Crippen molar-refractivity contribution in [2.45, 2.75) is 31.8 Å². The maximum atomic E-state index is 5.76. The van der Waals surface area contributed by atoms with Crippen LogP contribution in [0.25, 0.3) is 0 Å². The molecule has 3 rings (SSSR count). The van der Waals surface area contributed by atoms with E-state index in [1.54, 1.807) is 6.20 Å². The maximum Gasteiger partial charge on any atom is 0.140 e. The maximum absolute atomic E-state index is 5.76. The Hall–Kier alpha value is -0.510. The van der Waals surface area contributed by atoms with Crippen LogP contribution in [0.15, 0.2) is 18.3 Å². The predicted octanol–water partition coefficient (Wildman–Crippen LogP) is 2.36. The van der Waals surface area contributed by atoms with Crippen LogP contribution in [-0.4, -0.2) is 23.7 Å². The molecule has 1 aromatic rings. The fourth-order valence-corrected chi connectivity index (χ4v) is 2.38. The molecule has 1 saturated carbocycles. The molecule has 2 aliphatic rings. The Bertz CT molecular complexity index is 365. The van der Waals surface area contributed by atoms with E-state index in [1.807, 2.05) is 19.1 Å². The molecule has 0 aromatic carbocycles. The van der Waals surface area contributed by atoms with Gasteiger partial charge >= 0.3 is 0 Å². The molecule has 1 saturated heterocycles. The predicted molar refractivity (Wildman–Crippen MR) is 72.4 cm³/mol. The van der Waals surface area contributed by atoms with E-state index in [-0.39, 0.29) is 24.8 Å². The number of nitrogens with one attached hydrogen (secondary N) is 1. The molecule has 0 spiro atoms. The Balaban J connectivity index is 0.000000722. The van der Waals surface area contributed by atoms with Crippen molar-refractivity contribution < 1.29 is 4.74 Å². The van der Waals surface area contributed by atoms with E-state index in [9.17, 15) is 0 Å². The first-order valence-electron chi connectivity index (χ1n) is 5.63. The normalized spacial score (nSPS) is 28.6. The molecule has 0 amide bonds. The highest BCUT2D eigenvalue weighted by atomic mass is 35.5. The lowest BCUT2D eigenvalue weighted by Gasteiger charge is -2.15. The number of hydrogen-bond donors (Lipinski definition) is 1. The number of hydrogen-bond acceptors (Lipinski definition) is 3. The lowest BCUT2D eigenvalue weighted by molar-refractivity contribution is 0.265. The summed E-state index contributed by atoms with van der Waals surface area (Å²) < 4.78 is 5.76. The molecule has 0 radical (unpaired) electrons. The summed E-state index contributed by atoms with van der Waals surface area (Å²) in [6, 6.07) is 5.25. The zero-order valence-electron chi connectivity index (χ0n) is 9.76. The SMILES string of the molecule is Cc1ncccc1OCC1CC2CC2N1.Cl.Cl. The van der Waals surface area contributed by atoms with Gasteiger partial charge in [-0.05, 0) is 37.8 Å². The topological polar surface area (TPSA) is 34.1 Å². The summed E-state index contributed by atoms with van der Waals surface area (Å²) in [5.41, 5.74) is 0.973. The van der Waals surface area contributed by atoms with E-state index in [0.29, 0.717) is 6.04 Å². The summed E-state index contributed by atoms with van der Waals surface area (Å²) in [7, 11) is 0. The fraction of sp³-hybridized carbons (Fsp3) is 0.583. The van der Waals surface area contributed by atoms with Crippen molar-refractivity contribution in [3.05, 3.63) is 24.0 Å². The van der Waals surface area contributed by atoms with Gasteiger partial charge in [0, 0.05) is 18.3 Å². The second-order valence-corrected chi connectivity index (χ2v) is 4.60. The second-order valence-electron chi connectivity index (χ2n) is 4.60. The summed E-state index contributed by atoms with van der Waals surface area (Å²) in [4.78, 5) is 4.20. The third-order valence-corrected chi connectivity index (χ3v) is 3.36. The van der Waals surface area contributed by atoms with E-state index in [1.165, 1.54) is 12.8 Å². The number of nitrogens with zero attached hydrogens (tertiary/aromatic N) is 1. The van der Waals surface area contributed by atoms with Crippen LogP contribution >= 0.6 is 24.8 Å². The fourth-order valence-electron chi connectivity index (χ4n) is 2.38. The van der Waals surface area contributed by atoms with Crippen LogP contribution in [0, 0.1) is 12.8 Å². The van der Waals surface area contributed by atoms with Crippen molar-refractivity contribution in [2.75, 3.05) is 6.61 Å². The molecule has 2 fully saturated rings. The minimum atomic E-state index is 0. The van der Waals surface area contributed by atoms with Gasteiger partial charge in [-0.25, -0.2) is 0 Å². The van der Waals surface area contributed by atoms with E-state index >= 15 is 0 Å². The number of halogens is 2. The van der Waals surface area contributed by atoms with Crippen LogP contribution in [0.5, 0.6) is 5.75 Å². The van der Waals surface area contributed by atoms with Gasteiger partial charge in [-0.3, -0.25) is 4.98 Å². The quantitative estimate of drug-likeness (QED) is 0.921. The molecule has 0 bridgehead atoms. The molecule has 1 aliphatic heterocycles. The van der Waals surface area contributed by atoms with E-state index in [4.69, 9.17) is 4.74 Å². The molecule has 1 aliphatic carbocycles. The Labute approximate surface area is 114 Å². The molecular formula is C12H18Cl2N2O. The summed E-state index contributed by atoms with van der Waals surface area (Å²) in [6.07, 6.45) is 4.46. The number of piperidine rings is 1. The molecular weight excluding hydrogens is 259 g/mol. The average molecular weight is 277 g/mol. The third kappa shape index (κ3) is 3.24.